The number of nitrogens with one attached hydrogen (secondary N) is 1. The predicted molar refractivity (Wildman–Crippen MR) is 91.3 cm³/mol. The summed E-state index contributed by atoms with van der Waals surface area (Å²) in [6.07, 6.45) is 0. The standard InChI is InChI=1S/C19H18N2O3/c1-2-24-11-21-15-10-6-4-8-13(15)16(19(21)23)17-18(22)12-7-3-5-9-14(12)20-17/h3-10,16-17,20H,2,11H2,1H3. The van der Waals surface area contributed by atoms with Crippen molar-refractivity contribution in [2.24, 2.45) is 0 Å². The SMILES string of the molecule is CCOCN1C(=O)C(C2Nc3ccccc3C2=O)c2ccccc21. The molecule has 4 rings (SSSR count). The zero-order chi connectivity index (χ0) is 16.7. The monoisotopic (exact) mass is 322 g/mol. The second kappa shape index (κ2) is 5.76. The fraction of sp³-hybridized carbons (Fsp3) is 0.263. The Bertz CT molecular complexity index is 818. The Labute approximate surface area is 140 Å². The van der Waals surface area contributed by atoms with Gasteiger partial charge in [-0.05, 0) is 30.7 Å². The number of benzene rings is 2. The summed E-state index contributed by atoms with van der Waals surface area (Å²) in [5.41, 5.74) is 3.14. The molecule has 1 N–H and O–H groups in total. The molecule has 24 heavy (non-hydrogen) atoms. The molecule has 2 aromatic carbocycles. The van der Waals surface area contributed by atoms with Crippen LogP contribution in [0.3, 0.4) is 0 Å². The molecule has 0 spiro atoms. The summed E-state index contributed by atoms with van der Waals surface area (Å²) >= 11 is 0. The summed E-state index contributed by atoms with van der Waals surface area (Å²) in [5.74, 6) is -0.651. The quantitative estimate of drug-likeness (QED) is 0.940. The molecule has 122 valence electrons. The number of fused-ring (bicyclic) bond motifs is 2. The Morgan fingerprint density at radius 3 is 2.62 bits per heavy atom. The van der Waals surface area contributed by atoms with Crippen molar-refractivity contribution in [3.8, 4) is 0 Å². The van der Waals surface area contributed by atoms with Crippen molar-refractivity contribution in [1.29, 1.82) is 0 Å². The Morgan fingerprint density at radius 2 is 1.83 bits per heavy atom. The molecule has 0 saturated carbocycles. The molecule has 2 unspecified atom stereocenters. The van der Waals surface area contributed by atoms with Crippen molar-refractivity contribution in [3.63, 3.8) is 0 Å². The molecule has 2 atom stereocenters. The summed E-state index contributed by atoms with van der Waals surface area (Å²) in [5, 5.41) is 3.24. The van der Waals surface area contributed by atoms with Crippen molar-refractivity contribution in [1.82, 2.24) is 0 Å². The zero-order valence-corrected chi connectivity index (χ0v) is 13.4. The van der Waals surface area contributed by atoms with Crippen molar-refractivity contribution in [2.75, 3.05) is 23.6 Å². The maximum atomic E-state index is 13.0. The van der Waals surface area contributed by atoms with E-state index < -0.39 is 12.0 Å². The van der Waals surface area contributed by atoms with E-state index in [0.29, 0.717) is 12.2 Å². The lowest BCUT2D eigenvalue weighted by Crippen LogP contribution is -2.39. The van der Waals surface area contributed by atoms with E-state index in [4.69, 9.17) is 4.74 Å². The van der Waals surface area contributed by atoms with Gasteiger partial charge < -0.3 is 10.1 Å². The maximum absolute atomic E-state index is 13.0. The summed E-state index contributed by atoms with van der Waals surface area (Å²) in [4.78, 5) is 27.4. The lowest BCUT2D eigenvalue weighted by atomic mass is 9.90. The van der Waals surface area contributed by atoms with E-state index >= 15 is 0 Å². The number of hydrogen-bond acceptors (Lipinski definition) is 4. The molecule has 5 nitrogen and oxygen atoms in total. The molecule has 0 aliphatic carbocycles. The largest absolute Gasteiger partial charge is 0.373 e. The van der Waals surface area contributed by atoms with Crippen LogP contribution in [-0.4, -0.2) is 31.1 Å². The van der Waals surface area contributed by atoms with E-state index in [2.05, 4.69) is 5.32 Å². The van der Waals surface area contributed by atoms with Crippen molar-refractivity contribution >= 4 is 23.1 Å². The zero-order valence-electron chi connectivity index (χ0n) is 13.4. The number of rotatable bonds is 4. The van der Waals surface area contributed by atoms with Crippen LogP contribution >= 0.6 is 0 Å². The Balaban J connectivity index is 1.72. The van der Waals surface area contributed by atoms with Gasteiger partial charge >= 0.3 is 0 Å². The van der Waals surface area contributed by atoms with Gasteiger partial charge in [-0.2, -0.15) is 0 Å². The highest BCUT2D eigenvalue weighted by Gasteiger charge is 2.47. The lowest BCUT2D eigenvalue weighted by molar-refractivity contribution is -0.120. The molecule has 5 heteroatoms. The van der Waals surface area contributed by atoms with E-state index in [1.807, 2.05) is 49.4 Å². The minimum Gasteiger partial charge on any atom is -0.373 e. The molecule has 0 fully saturated rings. The van der Waals surface area contributed by atoms with Crippen LogP contribution in [0.2, 0.25) is 0 Å². The molecule has 1 amide bonds. The van der Waals surface area contributed by atoms with Crippen molar-refractivity contribution in [2.45, 2.75) is 18.9 Å². The first-order chi connectivity index (χ1) is 11.7. The molecule has 2 aromatic rings. The second-order valence-electron chi connectivity index (χ2n) is 5.96. The smallest absolute Gasteiger partial charge is 0.239 e. The molecule has 0 radical (unpaired) electrons. The molecule has 2 aliphatic rings. The summed E-state index contributed by atoms with van der Waals surface area (Å²) in [7, 11) is 0. The normalized spacial score (nSPS) is 21.6. The highest BCUT2D eigenvalue weighted by molar-refractivity contribution is 6.16. The summed E-state index contributed by atoms with van der Waals surface area (Å²) in [6, 6.07) is 14.4. The Hall–Kier alpha value is -2.66. The van der Waals surface area contributed by atoms with Gasteiger partial charge in [-0.1, -0.05) is 30.3 Å². The number of para-hydroxylation sites is 2. The number of carbonyl (C=O) groups excluding carboxylic acids is 2. The number of anilines is 2. The van der Waals surface area contributed by atoms with Crippen LogP contribution in [0.25, 0.3) is 0 Å². The van der Waals surface area contributed by atoms with Crippen LogP contribution in [0, 0.1) is 0 Å². The number of carbonyl (C=O) groups is 2. The predicted octanol–water partition coefficient (Wildman–Crippen LogP) is 2.79. The lowest BCUT2D eigenvalue weighted by Gasteiger charge is -2.20. The first-order valence-electron chi connectivity index (χ1n) is 8.10. The number of amides is 1. The Kier molecular flexibility index (Phi) is 3.58. The van der Waals surface area contributed by atoms with Gasteiger partial charge in [0, 0.05) is 17.9 Å². The Morgan fingerprint density at radius 1 is 1.08 bits per heavy atom. The van der Waals surface area contributed by atoms with E-state index in [1.54, 1.807) is 11.0 Å². The number of hydrogen-bond donors (Lipinski definition) is 1. The number of Topliss-reactive ketones (excluding diaryl/α,β-unsaturated/α-hetero) is 1. The van der Waals surface area contributed by atoms with Gasteiger partial charge in [0.15, 0.2) is 5.78 Å². The second-order valence-corrected chi connectivity index (χ2v) is 5.96. The fourth-order valence-electron chi connectivity index (χ4n) is 3.51. The molecule has 2 aliphatic heterocycles. The van der Waals surface area contributed by atoms with Crippen LogP contribution in [0.15, 0.2) is 48.5 Å². The molecule has 0 saturated heterocycles. The third-order valence-electron chi connectivity index (χ3n) is 4.64. The van der Waals surface area contributed by atoms with Gasteiger partial charge in [-0.25, -0.2) is 0 Å². The van der Waals surface area contributed by atoms with Gasteiger partial charge in [-0.3, -0.25) is 14.5 Å². The van der Waals surface area contributed by atoms with Crippen LogP contribution in [0.5, 0.6) is 0 Å². The fourth-order valence-corrected chi connectivity index (χ4v) is 3.51. The number of ketones is 1. The van der Waals surface area contributed by atoms with E-state index in [0.717, 1.165) is 16.9 Å². The highest BCUT2D eigenvalue weighted by Crippen LogP contribution is 2.42. The molecule has 0 aromatic heterocycles. The first kappa shape index (κ1) is 14.9. The summed E-state index contributed by atoms with van der Waals surface area (Å²) in [6.45, 7) is 2.63. The third kappa shape index (κ3) is 2.12. The number of nitrogens with zero attached hydrogens (tertiary/aromatic N) is 1. The van der Waals surface area contributed by atoms with Crippen molar-refractivity contribution in [3.05, 3.63) is 59.7 Å². The van der Waals surface area contributed by atoms with E-state index in [1.165, 1.54) is 0 Å². The van der Waals surface area contributed by atoms with Crippen LogP contribution in [0.1, 0.15) is 28.8 Å². The van der Waals surface area contributed by atoms with Crippen LogP contribution < -0.4 is 10.2 Å². The van der Waals surface area contributed by atoms with Gasteiger partial charge in [0.05, 0.1) is 11.6 Å². The highest BCUT2D eigenvalue weighted by atomic mass is 16.5. The summed E-state index contributed by atoms with van der Waals surface area (Å²) < 4.78 is 5.44. The van der Waals surface area contributed by atoms with E-state index in [9.17, 15) is 9.59 Å². The van der Waals surface area contributed by atoms with Crippen LogP contribution in [-0.2, 0) is 9.53 Å². The average molecular weight is 322 g/mol. The minimum absolute atomic E-state index is 0.0305. The molecule has 0 bridgehead atoms. The van der Waals surface area contributed by atoms with Gasteiger partial charge in [-0.15, -0.1) is 0 Å². The molecular weight excluding hydrogens is 304 g/mol. The minimum atomic E-state index is -0.567. The topological polar surface area (TPSA) is 58.6 Å². The third-order valence-corrected chi connectivity index (χ3v) is 4.64. The average Bonchev–Trinajstić information content (AvgIpc) is 3.07. The first-order valence-corrected chi connectivity index (χ1v) is 8.10. The number of ether oxygens (including phenoxy) is 1. The maximum Gasteiger partial charge on any atom is 0.239 e. The molecular formula is C19H18N2O3. The van der Waals surface area contributed by atoms with Crippen molar-refractivity contribution < 1.29 is 14.3 Å². The van der Waals surface area contributed by atoms with Gasteiger partial charge in [0.25, 0.3) is 0 Å². The van der Waals surface area contributed by atoms with Gasteiger partial charge in [0.2, 0.25) is 5.91 Å². The van der Waals surface area contributed by atoms with Crippen LogP contribution in [0.4, 0.5) is 11.4 Å². The molecule has 2 heterocycles. The van der Waals surface area contributed by atoms with E-state index in [-0.39, 0.29) is 18.4 Å². The van der Waals surface area contributed by atoms with Gasteiger partial charge in [0.1, 0.15) is 12.8 Å².